The van der Waals surface area contributed by atoms with Crippen molar-refractivity contribution in [2.45, 2.75) is 0 Å². The molecule has 21 heavy (non-hydrogen) atoms. The molecule has 2 nitrogen and oxygen atoms in total. The molecule has 0 saturated heterocycles. The fraction of sp³-hybridized carbons (Fsp3) is 0.0625. The molecule has 5 heteroatoms. The van der Waals surface area contributed by atoms with Crippen LogP contribution in [0.2, 0.25) is 9.49 Å². The van der Waals surface area contributed by atoms with Gasteiger partial charge in [0.1, 0.15) is 5.75 Å². The minimum Gasteiger partial charge on any atom is -0.497 e. The van der Waals surface area contributed by atoms with E-state index < -0.39 is 0 Å². The van der Waals surface area contributed by atoms with E-state index in [1.807, 2.05) is 48.5 Å². The Bertz CT molecular complexity index is 751. The van der Waals surface area contributed by atoms with E-state index in [2.05, 4.69) is 4.98 Å². The molecule has 0 aliphatic rings. The molecule has 106 valence electrons. The Hall–Kier alpha value is -1.55. The van der Waals surface area contributed by atoms with Gasteiger partial charge in [0.25, 0.3) is 0 Å². The Morgan fingerprint density at radius 2 is 1.52 bits per heavy atom. The van der Waals surface area contributed by atoms with Crippen LogP contribution in [0, 0.1) is 0 Å². The van der Waals surface area contributed by atoms with Gasteiger partial charge in [0.15, 0.2) is 4.47 Å². The normalized spacial score (nSPS) is 10.6. The van der Waals surface area contributed by atoms with Gasteiger partial charge in [-0.05, 0) is 42.0 Å². The number of hydrogen-bond donors (Lipinski definition) is 0. The molecule has 2 aromatic carbocycles. The Morgan fingerprint density at radius 1 is 0.905 bits per heavy atom. The van der Waals surface area contributed by atoms with Crippen molar-refractivity contribution >= 4 is 34.5 Å². The summed E-state index contributed by atoms with van der Waals surface area (Å²) in [6, 6.07) is 15.4. The van der Waals surface area contributed by atoms with Gasteiger partial charge in [0.05, 0.1) is 17.7 Å². The van der Waals surface area contributed by atoms with E-state index in [0.29, 0.717) is 9.49 Å². The van der Waals surface area contributed by atoms with E-state index in [0.717, 1.165) is 27.4 Å². The van der Waals surface area contributed by atoms with Gasteiger partial charge >= 0.3 is 0 Å². The third-order valence-electron chi connectivity index (χ3n) is 3.07. The van der Waals surface area contributed by atoms with Crippen molar-refractivity contribution in [1.82, 2.24) is 4.98 Å². The molecule has 0 atom stereocenters. The maximum Gasteiger partial charge on any atom is 0.184 e. The van der Waals surface area contributed by atoms with E-state index in [9.17, 15) is 0 Å². The summed E-state index contributed by atoms with van der Waals surface area (Å²) in [5.74, 6) is 0.813. The lowest BCUT2D eigenvalue weighted by Gasteiger charge is -2.04. The van der Waals surface area contributed by atoms with Gasteiger partial charge in [-0.2, -0.15) is 0 Å². The fourth-order valence-electron chi connectivity index (χ4n) is 2.04. The second kappa shape index (κ2) is 6.06. The van der Waals surface area contributed by atoms with Crippen molar-refractivity contribution in [1.29, 1.82) is 0 Å². The summed E-state index contributed by atoms with van der Waals surface area (Å²) in [4.78, 5) is 5.47. The third kappa shape index (κ3) is 3.05. The van der Waals surface area contributed by atoms with Crippen LogP contribution in [0.5, 0.6) is 5.75 Å². The van der Waals surface area contributed by atoms with Gasteiger partial charge in [-0.3, -0.25) is 0 Å². The molecule has 0 amide bonds. The number of aromatic nitrogens is 1. The first kappa shape index (κ1) is 14.4. The first-order valence-corrected chi connectivity index (χ1v) is 7.81. The monoisotopic (exact) mass is 335 g/mol. The van der Waals surface area contributed by atoms with Gasteiger partial charge in [0, 0.05) is 10.6 Å². The van der Waals surface area contributed by atoms with Crippen molar-refractivity contribution in [3.8, 4) is 27.4 Å². The average Bonchev–Trinajstić information content (AvgIpc) is 2.90. The molecular weight excluding hydrogens is 325 g/mol. The molecule has 0 unspecified atom stereocenters. The lowest BCUT2D eigenvalue weighted by atomic mass is 10.1. The third-order valence-corrected chi connectivity index (χ3v) is 4.53. The predicted octanol–water partition coefficient (Wildman–Crippen LogP) is 5.79. The highest BCUT2D eigenvalue weighted by atomic mass is 35.5. The van der Waals surface area contributed by atoms with E-state index in [-0.39, 0.29) is 0 Å². The number of rotatable bonds is 3. The summed E-state index contributed by atoms with van der Waals surface area (Å²) in [7, 11) is 1.65. The second-order valence-corrected chi connectivity index (χ2v) is 6.40. The van der Waals surface area contributed by atoms with Crippen LogP contribution in [0.4, 0.5) is 0 Å². The summed E-state index contributed by atoms with van der Waals surface area (Å²) in [6.45, 7) is 0. The van der Waals surface area contributed by atoms with Gasteiger partial charge < -0.3 is 4.74 Å². The van der Waals surface area contributed by atoms with Crippen LogP contribution in [0.1, 0.15) is 0 Å². The number of hydrogen-bond acceptors (Lipinski definition) is 3. The Labute approximate surface area is 136 Å². The number of methoxy groups -OCH3 is 1. The van der Waals surface area contributed by atoms with Crippen LogP contribution in [-0.2, 0) is 0 Å². The minimum absolute atomic E-state index is 0.519. The fourth-order valence-corrected chi connectivity index (χ4v) is 3.30. The molecule has 1 heterocycles. The van der Waals surface area contributed by atoms with Crippen LogP contribution in [0.15, 0.2) is 48.5 Å². The second-order valence-electron chi connectivity index (χ2n) is 4.38. The van der Waals surface area contributed by atoms with E-state index in [4.69, 9.17) is 27.9 Å². The van der Waals surface area contributed by atoms with Crippen molar-refractivity contribution in [3.05, 3.63) is 58.0 Å². The van der Waals surface area contributed by atoms with E-state index in [1.165, 1.54) is 11.3 Å². The number of ether oxygens (including phenoxy) is 1. The maximum atomic E-state index is 6.11. The van der Waals surface area contributed by atoms with Crippen LogP contribution in [0.3, 0.4) is 0 Å². The van der Waals surface area contributed by atoms with Crippen LogP contribution < -0.4 is 4.74 Å². The molecule has 3 aromatic rings. The molecular formula is C16H11Cl2NOS. The first-order chi connectivity index (χ1) is 10.2. The molecule has 0 N–H and O–H groups in total. The quantitative estimate of drug-likeness (QED) is 0.604. The zero-order valence-corrected chi connectivity index (χ0v) is 13.5. The lowest BCUT2D eigenvalue weighted by Crippen LogP contribution is -1.84. The molecule has 1 aromatic heterocycles. The van der Waals surface area contributed by atoms with Crippen LogP contribution in [0.25, 0.3) is 21.7 Å². The molecule has 0 aliphatic carbocycles. The van der Waals surface area contributed by atoms with Gasteiger partial charge in [0.2, 0.25) is 0 Å². The first-order valence-electron chi connectivity index (χ1n) is 6.24. The molecule has 0 fully saturated rings. The molecule has 0 aliphatic heterocycles. The minimum atomic E-state index is 0.519. The average molecular weight is 336 g/mol. The Kier molecular flexibility index (Phi) is 4.15. The molecule has 0 radical (unpaired) electrons. The van der Waals surface area contributed by atoms with Gasteiger partial charge in [-0.1, -0.05) is 35.3 Å². The summed E-state index contributed by atoms with van der Waals surface area (Å²) in [5.41, 5.74) is 2.92. The number of halogens is 2. The number of benzene rings is 2. The molecule has 3 rings (SSSR count). The Morgan fingerprint density at radius 3 is 2.14 bits per heavy atom. The van der Waals surface area contributed by atoms with Gasteiger partial charge in [-0.15, -0.1) is 11.3 Å². The van der Waals surface area contributed by atoms with Crippen molar-refractivity contribution < 1.29 is 4.74 Å². The topological polar surface area (TPSA) is 22.1 Å². The standard InChI is InChI=1S/C16H11Cl2NOS/c1-20-13-8-4-10(5-9-13)14-15(21-16(18)19-14)11-2-6-12(17)7-3-11/h2-9H,1H3. The van der Waals surface area contributed by atoms with Crippen molar-refractivity contribution in [2.75, 3.05) is 7.11 Å². The largest absolute Gasteiger partial charge is 0.497 e. The highest BCUT2D eigenvalue weighted by Crippen LogP contribution is 2.39. The van der Waals surface area contributed by atoms with Crippen LogP contribution in [-0.4, -0.2) is 12.1 Å². The zero-order chi connectivity index (χ0) is 14.8. The predicted molar refractivity (Wildman–Crippen MR) is 89.6 cm³/mol. The summed E-state index contributed by atoms with van der Waals surface area (Å²) in [5, 5.41) is 0.709. The Balaban J connectivity index is 2.08. The van der Waals surface area contributed by atoms with E-state index in [1.54, 1.807) is 7.11 Å². The molecule has 0 saturated carbocycles. The van der Waals surface area contributed by atoms with Crippen LogP contribution >= 0.6 is 34.5 Å². The SMILES string of the molecule is COc1ccc(-c2nc(Cl)sc2-c2ccc(Cl)cc2)cc1. The highest BCUT2D eigenvalue weighted by Gasteiger charge is 2.14. The highest BCUT2D eigenvalue weighted by molar-refractivity contribution is 7.19. The van der Waals surface area contributed by atoms with Crippen molar-refractivity contribution in [2.24, 2.45) is 0 Å². The summed E-state index contributed by atoms with van der Waals surface area (Å²) in [6.07, 6.45) is 0. The van der Waals surface area contributed by atoms with Gasteiger partial charge in [-0.25, -0.2) is 4.98 Å². The number of thiazole rings is 1. The number of nitrogens with zero attached hydrogens (tertiary/aromatic N) is 1. The smallest absolute Gasteiger partial charge is 0.184 e. The van der Waals surface area contributed by atoms with E-state index >= 15 is 0 Å². The zero-order valence-electron chi connectivity index (χ0n) is 11.1. The molecule has 0 spiro atoms. The maximum absolute atomic E-state index is 6.11. The summed E-state index contributed by atoms with van der Waals surface area (Å²) < 4.78 is 5.70. The van der Waals surface area contributed by atoms with Crippen molar-refractivity contribution in [3.63, 3.8) is 0 Å². The molecule has 0 bridgehead atoms. The lowest BCUT2D eigenvalue weighted by molar-refractivity contribution is 0.415. The summed E-state index contributed by atoms with van der Waals surface area (Å²) >= 11 is 13.5.